The molecule has 0 saturated heterocycles. The van der Waals surface area contributed by atoms with Crippen LogP contribution < -0.4 is 14.9 Å². The van der Waals surface area contributed by atoms with Crippen LogP contribution in [0.3, 0.4) is 0 Å². The molecule has 0 amide bonds. The number of hydrazone groups is 1. The predicted octanol–water partition coefficient (Wildman–Crippen LogP) is 6.37. The van der Waals surface area contributed by atoms with Crippen LogP contribution >= 0.6 is 34.8 Å². The van der Waals surface area contributed by atoms with Crippen LogP contribution in [0.5, 0.6) is 11.5 Å². The molecule has 0 aliphatic heterocycles. The van der Waals surface area contributed by atoms with E-state index in [9.17, 15) is 10.1 Å². The fourth-order valence-corrected chi connectivity index (χ4v) is 3.24. The van der Waals surface area contributed by atoms with Crippen molar-refractivity contribution in [1.29, 1.82) is 0 Å². The van der Waals surface area contributed by atoms with Crippen molar-refractivity contribution < 1.29 is 14.4 Å². The Morgan fingerprint density at radius 1 is 1.12 bits per heavy atom. The highest BCUT2D eigenvalue weighted by atomic mass is 35.5. The first-order valence-electron chi connectivity index (χ1n) is 9.30. The third-order valence-electron chi connectivity index (χ3n) is 4.07. The smallest absolute Gasteiger partial charge is 0.313 e. The SMILES string of the molecule is CCOc1cc(/C=N/Nc2ncccc2[N+](=O)[O-])cc(Cl)c1OCc1ccc(Cl)c(Cl)c1. The molecule has 0 aliphatic carbocycles. The Hall–Kier alpha value is -3.07. The molecule has 166 valence electrons. The van der Waals surface area contributed by atoms with E-state index >= 15 is 0 Å². The number of nitrogens with one attached hydrogen (secondary N) is 1. The quantitative estimate of drug-likeness (QED) is 0.210. The van der Waals surface area contributed by atoms with Crippen molar-refractivity contribution in [3.05, 3.63) is 85.0 Å². The first kappa shape index (κ1) is 23.6. The van der Waals surface area contributed by atoms with E-state index in [1.807, 2.05) is 6.92 Å². The third kappa shape index (κ3) is 6.00. The molecule has 0 radical (unpaired) electrons. The molecule has 0 aliphatic rings. The molecule has 0 bridgehead atoms. The molecule has 0 spiro atoms. The van der Waals surface area contributed by atoms with Gasteiger partial charge < -0.3 is 9.47 Å². The van der Waals surface area contributed by atoms with E-state index in [1.165, 1.54) is 24.5 Å². The van der Waals surface area contributed by atoms with E-state index in [4.69, 9.17) is 44.3 Å². The second-order valence-electron chi connectivity index (χ2n) is 6.30. The lowest BCUT2D eigenvalue weighted by molar-refractivity contribution is -0.384. The minimum atomic E-state index is -0.547. The first-order valence-corrected chi connectivity index (χ1v) is 10.4. The van der Waals surface area contributed by atoms with Crippen LogP contribution in [-0.4, -0.2) is 22.7 Å². The molecule has 1 N–H and O–H groups in total. The summed E-state index contributed by atoms with van der Waals surface area (Å²) in [5, 5.41) is 16.3. The molecular formula is C21H17Cl3N4O4. The number of hydrogen-bond donors (Lipinski definition) is 1. The summed E-state index contributed by atoms with van der Waals surface area (Å²) in [5.74, 6) is 0.807. The van der Waals surface area contributed by atoms with E-state index in [0.717, 1.165) is 5.56 Å². The summed E-state index contributed by atoms with van der Waals surface area (Å²) in [7, 11) is 0. The number of nitro groups is 1. The lowest BCUT2D eigenvalue weighted by Gasteiger charge is -2.14. The number of pyridine rings is 1. The Kier molecular flexibility index (Phi) is 8.10. The van der Waals surface area contributed by atoms with Crippen molar-refractivity contribution in [3.63, 3.8) is 0 Å². The number of hydrogen-bond acceptors (Lipinski definition) is 7. The van der Waals surface area contributed by atoms with Crippen LogP contribution in [0.4, 0.5) is 11.5 Å². The summed E-state index contributed by atoms with van der Waals surface area (Å²) in [5.41, 5.74) is 3.77. The second-order valence-corrected chi connectivity index (χ2v) is 7.52. The van der Waals surface area contributed by atoms with Gasteiger partial charge in [0.2, 0.25) is 5.82 Å². The Bertz CT molecular complexity index is 1160. The average Bonchev–Trinajstić information content (AvgIpc) is 2.76. The summed E-state index contributed by atoms with van der Waals surface area (Å²) >= 11 is 18.4. The Morgan fingerprint density at radius 3 is 2.66 bits per heavy atom. The highest BCUT2D eigenvalue weighted by molar-refractivity contribution is 6.42. The van der Waals surface area contributed by atoms with Crippen LogP contribution in [0.1, 0.15) is 18.1 Å². The highest BCUT2D eigenvalue weighted by Gasteiger charge is 2.14. The molecular weight excluding hydrogens is 479 g/mol. The number of aromatic nitrogens is 1. The summed E-state index contributed by atoms with van der Waals surface area (Å²) in [6.07, 6.45) is 2.87. The molecule has 3 aromatic rings. The summed E-state index contributed by atoms with van der Waals surface area (Å²) in [6.45, 7) is 2.42. The number of halogens is 3. The van der Waals surface area contributed by atoms with Gasteiger partial charge in [-0.05, 0) is 48.4 Å². The number of ether oxygens (including phenoxy) is 2. The van der Waals surface area contributed by atoms with Gasteiger partial charge in [-0.25, -0.2) is 4.98 Å². The zero-order valence-electron chi connectivity index (χ0n) is 16.7. The van der Waals surface area contributed by atoms with Crippen LogP contribution in [0, 0.1) is 10.1 Å². The number of anilines is 1. The molecule has 0 fully saturated rings. The summed E-state index contributed by atoms with van der Waals surface area (Å²) in [6, 6.07) is 11.3. The second kappa shape index (κ2) is 11.0. The molecule has 32 heavy (non-hydrogen) atoms. The van der Waals surface area contributed by atoms with Gasteiger partial charge in [0.1, 0.15) is 6.61 Å². The molecule has 8 nitrogen and oxygen atoms in total. The Morgan fingerprint density at radius 2 is 1.94 bits per heavy atom. The molecule has 1 heterocycles. The maximum atomic E-state index is 11.1. The fraction of sp³-hybridized carbons (Fsp3) is 0.143. The number of benzene rings is 2. The van der Waals surface area contributed by atoms with Crippen LogP contribution in [0.2, 0.25) is 15.1 Å². The van der Waals surface area contributed by atoms with Crippen molar-refractivity contribution in [3.8, 4) is 11.5 Å². The van der Waals surface area contributed by atoms with E-state index in [2.05, 4.69) is 15.5 Å². The molecule has 0 unspecified atom stereocenters. The van der Waals surface area contributed by atoms with Crippen molar-refractivity contribution in [2.24, 2.45) is 5.10 Å². The Balaban J connectivity index is 1.78. The third-order valence-corrected chi connectivity index (χ3v) is 5.09. The standard InChI is InChI=1S/C21H17Cl3N4O4/c1-2-31-19-10-14(11-26-27-21-18(28(29)30)4-3-7-25-21)9-17(24)20(19)32-12-13-5-6-15(22)16(23)8-13/h3-11H,2,12H2,1H3,(H,25,27)/b26-11+. The van der Waals surface area contributed by atoms with Crippen LogP contribution in [0.25, 0.3) is 0 Å². The molecule has 0 atom stereocenters. The number of rotatable bonds is 9. The van der Waals surface area contributed by atoms with Crippen LogP contribution in [0.15, 0.2) is 53.8 Å². The topological polar surface area (TPSA) is 98.9 Å². The monoisotopic (exact) mass is 494 g/mol. The molecule has 0 saturated carbocycles. The van der Waals surface area contributed by atoms with Gasteiger partial charge in [0, 0.05) is 12.3 Å². The first-order chi connectivity index (χ1) is 15.4. The van der Waals surface area contributed by atoms with E-state index in [1.54, 1.807) is 30.3 Å². The van der Waals surface area contributed by atoms with Gasteiger partial charge in [0.25, 0.3) is 0 Å². The van der Waals surface area contributed by atoms with Crippen molar-refractivity contribution in [2.75, 3.05) is 12.0 Å². The van der Waals surface area contributed by atoms with Crippen molar-refractivity contribution in [2.45, 2.75) is 13.5 Å². The Labute approximate surface area is 198 Å². The van der Waals surface area contributed by atoms with Gasteiger partial charge in [-0.3, -0.25) is 15.5 Å². The van der Waals surface area contributed by atoms with Gasteiger partial charge in [-0.2, -0.15) is 5.10 Å². The lowest BCUT2D eigenvalue weighted by atomic mass is 10.2. The maximum Gasteiger partial charge on any atom is 0.313 e. The van der Waals surface area contributed by atoms with E-state index in [0.29, 0.717) is 38.7 Å². The zero-order chi connectivity index (χ0) is 23.1. The minimum Gasteiger partial charge on any atom is -0.490 e. The predicted molar refractivity (Wildman–Crippen MR) is 126 cm³/mol. The lowest BCUT2D eigenvalue weighted by Crippen LogP contribution is -2.02. The van der Waals surface area contributed by atoms with Crippen molar-refractivity contribution in [1.82, 2.24) is 4.98 Å². The maximum absolute atomic E-state index is 11.1. The molecule has 11 heteroatoms. The van der Waals surface area contributed by atoms with E-state index in [-0.39, 0.29) is 18.1 Å². The van der Waals surface area contributed by atoms with Crippen LogP contribution in [-0.2, 0) is 6.61 Å². The molecule has 3 rings (SSSR count). The fourth-order valence-electron chi connectivity index (χ4n) is 2.65. The average molecular weight is 496 g/mol. The summed E-state index contributed by atoms with van der Waals surface area (Å²) in [4.78, 5) is 14.4. The highest BCUT2D eigenvalue weighted by Crippen LogP contribution is 2.37. The van der Waals surface area contributed by atoms with Gasteiger partial charge in [0.15, 0.2) is 11.5 Å². The number of nitrogens with zero attached hydrogens (tertiary/aromatic N) is 3. The minimum absolute atomic E-state index is 0.0199. The van der Waals surface area contributed by atoms with Gasteiger partial charge in [0.05, 0.1) is 32.8 Å². The molecule has 2 aromatic carbocycles. The summed E-state index contributed by atoms with van der Waals surface area (Å²) < 4.78 is 11.5. The van der Waals surface area contributed by atoms with Gasteiger partial charge in [-0.1, -0.05) is 40.9 Å². The largest absolute Gasteiger partial charge is 0.490 e. The van der Waals surface area contributed by atoms with Gasteiger partial charge in [-0.15, -0.1) is 0 Å². The zero-order valence-corrected chi connectivity index (χ0v) is 19.0. The van der Waals surface area contributed by atoms with Crippen molar-refractivity contribution >= 4 is 52.5 Å². The van der Waals surface area contributed by atoms with E-state index < -0.39 is 4.92 Å². The van der Waals surface area contributed by atoms with Gasteiger partial charge >= 0.3 is 5.69 Å². The normalized spacial score (nSPS) is 10.9. The molecule has 1 aromatic heterocycles.